The van der Waals surface area contributed by atoms with Crippen LogP contribution in [0.3, 0.4) is 0 Å². The molecule has 2 atom stereocenters. The Morgan fingerprint density at radius 1 is 1.15 bits per heavy atom. The maximum atomic E-state index is 12.5. The number of carboxylic acids is 1. The Morgan fingerprint density at radius 3 is 2.41 bits per heavy atom. The smallest absolute Gasteiger partial charge is 0.479 e. The van der Waals surface area contributed by atoms with Gasteiger partial charge in [-0.25, -0.2) is 27.5 Å². The third-order valence-electron chi connectivity index (χ3n) is 4.22. The van der Waals surface area contributed by atoms with E-state index in [1.807, 2.05) is 6.07 Å². The van der Waals surface area contributed by atoms with E-state index in [9.17, 15) is 22.9 Å². The first-order chi connectivity index (χ1) is 16.0. The summed E-state index contributed by atoms with van der Waals surface area (Å²) < 4.78 is 49.9. The number of aliphatic carboxylic acids is 1. The highest BCUT2D eigenvalue weighted by molar-refractivity contribution is 7.89. The molecule has 2 rings (SSSR count). The van der Waals surface area contributed by atoms with Crippen LogP contribution >= 0.6 is 8.25 Å². The van der Waals surface area contributed by atoms with Crippen LogP contribution in [0, 0.1) is 0 Å². The van der Waals surface area contributed by atoms with Crippen molar-refractivity contribution in [3.8, 4) is 0 Å². The summed E-state index contributed by atoms with van der Waals surface area (Å²) in [6, 6.07) is 14.8. The quantitative estimate of drug-likeness (QED) is 0.145. The Bertz CT molecular complexity index is 1190. The summed E-state index contributed by atoms with van der Waals surface area (Å²) in [5.74, 6) is -2.24. The van der Waals surface area contributed by atoms with Gasteiger partial charge >= 0.3 is 14.2 Å². The minimum atomic E-state index is -3.86. The number of carboxylic acid groups (broad SMARTS) is 1. The molecule has 2 unspecified atom stereocenters. The summed E-state index contributed by atoms with van der Waals surface area (Å²) in [6.07, 6.45) is -1.44. The normalized spacial score (nSPS) is 12.2. The molecule has 0 aliphatic rings. The third kappa shape index (κ3) is 8.81. The van der Waals surface area contributed by atoms with E-state index in [0.717, 1.165) is 5.56 Å². The van der Waals surface area contributed by atoms with Gasteiger partial charge in [-0.3, -0.25) is 0 Å². The SMILES string of the molecule is CC(C)=C(NS(=O)(=O)CCc1ccccc1)O[P+](=O)OC(C(=O)O)c1cccc(N=C(N)N)c1. The molecule has 0 aliphatic carbocycles. The van der Waals surface area contributed by atoms with Gasteiger partial charge in [0.05, 0.1) is 11.4 Å². The summed E-state index contributed by atoms with van der Waals surface area (Å²) in [6.45, 7) is 3.07. The van der Waals surface area contributed by atoms with Crippen LogP contribution in [-0.4, -0.2) is 31.2 Å². The number of guanidine groups is 1. The van der Waals surface area contributed by atoms with Gasteiger partial charge in [0, 0.05) is 4.57 Å². The zero-order valence-electron chi connectivity index (χ0n) is 18.5. The number of rotatable bonds is 12. The van der Waals surface area contributed by atoms with Crippen molar-refractivity contribution in [1.82, 2.24) is 4.72 Å². The number of hydrogen-bond donors (Lipinski definition) is 4. The van der Waals surface area contributed by atoms with Gasteiger partial charge in [-0.15, -0.1) is 0 Å². The van der Waals surface area contributed by atoms with Crippen LogP contribution in [0.2, 0.25) is 0 Å². The van der Waals surface area contributed by atoms with E-state index in [1.165, 1.54) is 38.1 Å². The van der Waals surface area contributed by atoms with Crippen molar-refractivity contribution < 1.29 is 31.9 Å². The topological polar surface area (TPSA) is 183 Å². The summed E-state index contributed by atoms with van der Waals surface area (Å²) in [7, 11) is -6.94. The Morgan fingerprint density at radius 2 is 1.82 bits per heavy atom. The molecule has 13 heteroatoms. The molecule has 11 nitrogen and oxygen atoms in total. The van der Waals surface area contributed by atoms with Gasteiger partial charge in [-0.1, -0.05) is 47.0 Å². The van der Waals surface area contributed by atoms with Gasteiger partial charge in [0.2, 0.25) is 16.1 Å². The van der Waals surface area contributed by atoms with E-state index in [2.05, 4.69) is 9.71 Å². The lowest BCUT2D eigenvalue weighted by Crippen LogP contribution is -2.28. The highest BCUT2D eigenvalue weighted by Gasteiger charge is 2.37. The molecule has 0 heterocycles. The summed E-state index contributed by atoms with van der Waals surface area (Å²) in [5, 5.41) is 9.54. The van der Waals surface area contributed by atoms with Crippen LogP contribution in [0.4, 0.5) is 5.69 Å². The highest BCUT2D eigenvalue weighted by atomic mass is 32.2. The van der Waals surface area contributed by atoms with Crippen molar-refractivity contribution in [2.24, 2.45) is 16.5 Å². The minimum Gasteiger partial charge on any atom is -0.479 e. The second kappa shape index (κ2) is 12.1. The van der Waals surface area contributed by atoms with Crippen LogP contribution in [0.5, 0.6) is 0 Å². The number of sulfonamides is 1. The molecule has 0 spiro atoms. The molecule has 0 aliphatic heterocycles. The molecule has 0 fully saturated rings. The van der Waals surface area contributed by atoms with Gasteiger partial charge in [-0.05, 0) is 49.1 Å². The zero-order valence-corrected chi connectivity index (χ0v) is 20.3. The fourth-order valence-corrected chi connectivity index (χ4v) is 4.64. The monoisotopic (exact) mass is 509 g/mol. The minimum absolute atomic E-state index is 0.101. The summed E-state index contributed by atoms with van der Waals surface area (Å²) >= 11 is 0. The number of nitrogens with two attached hydrogens (primary N) is 2. The van der Waals surface area contributed by atoms with Crippen LogP contribution < -0.4 is 16.2 Å². The van der Waals surface area contributed by atoms with Gasteiger partial charge in [0.15, 0.2) is 5.96 Å². The second-order valence-corrected chi connectivity index (χ2v) is 9.94. The molecule has 0 bridgehead atoms. The third-order valence-corrected chi connectivity index (χ3v) is 6.17. The van der Waals surface area contributed by atoms with Crippen molar-refractivity contribution in [2.75, 3.05) is 5.75 Å². The molecule has 0 saturated carbocycles. The molecule has 2 aromatic carbocycles. The lowest BCUT2D eigenvalue weighted by molar-refractivity contribution is -0.145. The molecule has 182 valence electrons. The molecule has 0 radical (unpaired) electrons. The van der Waals surface area contributed by atoms with Crippen molar-refractivity contribution >= 4 is 35.9 Å². The van der Waals surface area contributed by atoms with E-state index in [0.29, 0.717) is 5.57 Å². The number of aliphatic imine (C=N–C) groups is 1. The highest BCUT2D eigenvalue weighted by Crippen LogP contribution is 2.36. The molecule has 0 amide bonds. The van der Waals surface area contributed by atoms with Crippen molar-refractivity contribution in [3.63, 3.8) is 0 Å². The Balaban J connectivity index is 2.10. The average Bonchev–Trinajstić information content (AvgIpc) is 2.76. The molecular weight excluding hydrogens is 483 g/mol. The first-order valence-corrected chi connectivity index (χ1v) is 12.7. The number of allylic oxidation sites excluding steroid dienone is 1. The molecule has 0 saturated heterocycles. The van der Waals surface area contributed by atoms with Gasteiger partial charge in [0.1, 0.15) is 0 Å². The van der Waals surface area contributed by atoms with Crippen LogP contribution in [-0.2, 0) is 34.9 Å². The lowest BCUT2D eigenvalue weighted by atomic mass is 10.1. The van der Waals surface area contributed by atoms with E-state index < -0.39 is 30.4 Å². The van der Waals surface area contributed by atoms with Crippen molar-refractivity contribution in [2.45, 2.75) is 26.4 Å². The van der Waals surface area contributed by atoms with Crippen LogP contribution in [0.25, 0.3) is 0 Å². The van der Waals surface area contributed by atoms with Gasteiger partial charge < -0.3 is 16.6 Å². The lowest BCUT2D eigenvalue weighted by Gasteiger charge is -2.10. The van der Waals surface area contributed by atoms with E-state index in [-0.39, 0.29) is 35.3 Å². The second-order valence-electron chi connectivity index (χ2n) is 7.26. The van der Waals surface area contributed by atoms with Crippen molar-refractivity contribution in [3.05, 3.63) is 77.2 Å². The maximum Gasteiger partial charge on any atom is 0.752 e. The zero-order chi connectivity index (χ0) is 25.3. The summed E-state index contributed by atoms with van der Waals surface area (Å²) in [4.78, 5) is 15.5. The number of hydrogen-bond acceptors (Lipinski definition) is 7. The molecule has 2 aromatic rings. The number of aryl methyl sites for hydroxylation is 1. The standard InChI is InChI=1S/C21H25N4O7PS/c1-14(2)19(25-34(29,30)12-11-15-7-4-3-5-8-15)32-33(28)31-18(20(26)27)16-9-6-10-17(13-16)24-21(22)23/h3-10,13,18,25H,11-12H2,1-2H3,(H4-,22,23,24,26,27)/p+1. The van der Waals surface area contributed by atoms with Crippen LogP contribution in [0.15, 0.2) is 71.0 Å². The Hall–Kier alpha value is -3.47. The Kier molecular flexibility index (Phi) is 9.55. The van der Waals surface area contributed by atoms with E-state index in [4.69, 9.17) is 20.5 Å². The van der Waals surface area contributed by atoms with Crippen LogP contribution in [0.1, 0.15) is 31.1 Å². The first kappa shape index (κ1) is 26.8. The van der Waals surface area contributed by atoms with E-state index >= 15 is 0 Å². The molecular formula is C21H26N4O7PS+. The number of nitrogens with one attached hydrogen (secondary N) is 1. The van der Waals surface area contributed by atoms with Crippen molar-refractivity contribution in [1.29, 1.82) is 0 Å². The average molecular weight is 510 g/mol. The van der Waals surface area contributed by atoms with Gasteiger partial charge in [0.25, 0.3) is 5.88 Å². The van der Waals surface area contributed by atoms with Gasteiger partial charge in [-0.2, -0.15) is 0 Å². The maximum absolute atomic E-state index is 12.5. The first-order valence-electron chi connectivity index (χ1n) is 9.93. The fourth-order valence-electron chi connectivity index (χ4n) is 2.64. The predicted octanol–water partition coefficient (Wildman–Crippen LogP) is 2.82. The Labute approximate surface area is 198 Å². The number of benzene rings is 2. The fraction of sp³-hybridized carbons (Fsp3) is 0.238. The molecule has 6 N–H and O–H groups in total. The largest absolute Gasteiger partial charge is 0.752 e. The number of carbonyl (C=O) groups is 1. The predicted molar refractivity (Wildman–Crippen MR) is 128 cm³/mol. The molecule has 0 aromatic heterocycles. The van der Waals surface area contributed by atoms with E-state index in [1.54, 1.807) is 24.3 Å². The summed E-state index contributed by atoms with van der Waals surface area (Å²) in [5.41, 5.74) is 12.2. The molecule has 34 heavy (non-hydrogen) atoms. The number of nitrogens with zero attached hydrogens (tertiary/aromatic N) is 1.